The van der Waals surface area contributed by atoms with Crippen molar-refractivity contribution in [3.8, 4) is 0 Å². The van der Waals surface area contributed by atoms with Crippen LogP contribution in [-0.4, -0.2) is 18.9 Å². The molecule has 0 aliphatic rings. The highest BCUT2D eigenvalue weighted by Gasteiger charge is 2.04. The number of rotatable bonds is 7. The molecule has 2 rings (SSSR count). The normalized spacial score (nSPS) is 10.8. The van der Waals surface area contributed by atoms with Crippen LogP contribution in [0, 0.1) is 5.82 Å². The molecule has 0 saturated heterocycles. The van der Waals surface area contributed by atoms with Crippen molar-refractivity contribution in [1.29, 1.82) is 0 Å². The number of carbonyl (C=O) groups is 2. The molecule has 0 unspecified atom stereocenters. The summed E-state index contributed by atoms with van der Waals surface area (Å²) in [6, 6.07) is 13.3. The highest BCUT2D eigenvalue weighted by Crippen LogP contribution is 2.11. The number of benzene rings is 2. The van der Waals surface area contributed by atoms with Crippen molar-refractivity contribution < 1.29 is 18.7 Å². The van der Waals surface area contributed by atoms with E-state index < -0.39 is 0 Å². The molecular weight excluding hydrogens is 307 g/mol. The van der Waals surface area contributed by atoms with Gasteiger partial charge in [-0.2, -0.15) is 0 Å². The van der Waals surface area contributed by atoms with Gasteiger partial charge in [0.1, 0.15) is 5.82 Å². The molecule has 24 heavy (non-hydrogen) atoms. The number of hydrogen-bond donors (Lipinski definition) is 0. The van der Waals surface area contributed by atoms with E-state index in [4.69, 9.17) is 0 Å². The summed E-state index contributed by atoms with van der Waals surface area (Å²) in [5, 5.41) is 0. The van der Waals surface area contributed by atoms with Gasteiger partial charge >= 0.3 is 5.97 Å². The van der Waals surface area contributed by atoms with Crippen LogP contribution in [0.4, 0.5) is 4.39 Å². The van der Waals surface area contributed by atoms with Crippen LogP contribution >= 0.6 is 0 Å². The Morgan fingerprint density at radius 1 is 1.12 bits per heavy atom. The number of aryl methyl sites for hydroxylation is 1. The number of carbonyl (C=O) groups excluding carboxylic acids is 2. The highest BCUT2D eigenvalue weighted by molar-refractivity contribution is 6.06. The van der Waals surface area contributed by atoms with Gasteiger partial charge in [-0.25, -0.2) is 4.39 Å². The average molecular weight is 326 g/mol. The fourth-order valence-electron chi connectivity index (χ4n) is 2.25. The van der Waals surface area contributed by atoms with E-state index in [-0.39, 0.29) is 17.6 Å². The van der Waals surface area contributed by atoms with Gasteiger partial charge in [0.25, 0.3) is 0 Å². The Labute approximate surface area is 140 Å². The van der Waals surface area contributed by atoms with Crippen molar-refractivity contribution >= 4 is 17.8 Å². The summed E-state index contributed by atoms with van der Waals surface area (Å²) < 4.78 is 17.7. The van der Waals surface area contributed by atoms with Crippen molar-refractivity contribution in [2.45, 2.75) is 19.3 Å². The second-order valence-electron chi connectivity index (χ2n) is 5.38. The first-order valence-corrected chi connectivity index (χ1v) is 7.72. The van der Waals surface area contributed by atoms with Gasteiger partial charge in [0.05, 0.1) is 7.11 Å². The summed E-state index contributed by atoms with van der Waals surface area (Å²) in [6.45, 7) is 0. The topological polar surface area (TPSA) is 43.4 Å². The lowest BCUT2D eigenvalue weighted by Gasteiger charge is -2.02. The van der Waals surface area contributed by atoms with Gasteiger partial charge in [-0.3, -0.25) is 9.59 Å². The molecule has 0 heterocycles. The monoisotopic (exact) mass is 326 g/mol. The second-order valence-corrected chi connectivity index (χ2v) is 5.38. The number of halogens is 1. The first-order chi connectivity index (χ1) is 11.6. The van der Waals surface area contributed by atoms with E-state index in [2.05, 4.69) is 4.74 Å². The molecule has 0 spiro atoms. The standard InChI is InChI=1S/C20H19FO3/c1-24-20(23)7-3-4-15-8-11-17(12-9-15)19(22)13-10-16-5-2-6-18(21)14-16/h2,5-6,8-14H,3-4,7H2,1H3/b13-10+. The molecule has 3 nitrogen and oxygen atoms in total. The van der Waals surface area contributed by atoms with Gasteiger partial charge in [0.15, 0.2) is 5.78 Å². The molecule has 0 bridgehead atoms. The van der Waals surface area contributed by atoms with Crippen LogP contribution in [0.2, 0.25) is 0 Å². The lowest BCUT2D eigenvalue weighted by molar-refractivity contribution is -0.140. The quantitative estimate of drug-likeness (QED) is 0.435. The predicted molar refractivity (Wildman–Crippen MR) is 91.2 cm³/mol. The Bertz CT molecular complexity index is 733. The van der Waals surface area contributed by atoms with Gasteiger partial charge < -0.3 is 4.74 Å². The Kier molecular flexibility index (Phi) is 6.43. The van der Waals surface area contributed by atoms with Gasteiger partial charge in [-0.05, 0) is 42.2 Å². The van der Waals surface area contributed by atoms with Crippen molar-refractivity contribution in [3.05, 3.63) is 77.1 Å². The molecule has 0 radical (unpaired) electrons. The van der Waals surface area contributed by atoms with E-state index in [1.807, 2.05) is 12.1 Å². The Morgan fingerprint density at radius 2 is 1.88 bits per heavy atom. The summed E-state index contributed by atoms with van der Waals surface area (Å²) in [4.78, 5) is 23.2. The number of esters is 1. The second kappa shape index (κ2) is 8.77. The van der Waals surface area contributed by atoms with Crippen LogP contribution in [0.1, 0.15) is 34.3 Å². The zero-order chi connectivity index (χ0) is 17.4. The maximum Gasteiger partial charge on any atom is 0.305 e. The average Bonchev–Trinajstić information content (AvgIpc) is 2.60. The number of methoxy groups -OCH3 is 1. The molecule has 2 aromatic carbocycles. The van der Waals surface area contributed by atoms with Crippen molar-refractivity contribution in [2.75, 3.05) is 7.11 Å². The lowest BCUT2D eigenvalue weighted by Crippen LogP contribution is -2.00. The van der Waals surface area contributed by atoms with Gasteiger partial charge in [-0.15, -0.1) is 0 Å². The molecule has 0 aliphatic heterocycles. The van der Waals surface area contributed by atoms with E-state index >= 15 is 0 Å². The van der Waals surface area contributed by atoms with E-state index in [1.54, 1.807) is 30.3 Å². The minimum absolute atomic E-state index is 0.139. The van der Waals surface area contributed by atoms with E-state index in [0.29, 0.717) is 24.0 Å². The first-order valence-electron chi connectivity index (χ1n) is 7.72. The highest BCUT2D eigenvalue weighted by atomic mass is 19.1. The summed E-state index contributed by atoms with van der Waals surface area (Å²) >= 11 is 0. The maximum atomic E-state index is 13.1. The maximum absolute atomic E-state index is 13.1. The summed E-state index contributed by atoms with van der Waals surface area (Å²) in [6.07, 6.45) is 4.87. The smallest absolute Gasteiger partial charge is 0.305 e. The molecule has 0 atom stereocenters. The van der Waals surface area contributed by atoms with Crippen molar-refractivity contribution in [3.63, 3.8) is 0 Å². The Balaban J connectivity index is 1.92. The molecular formula is C20H19FO3. The number of ether oxygens (including phenoxy) is 1. The first kappa shape index (κ1) is 17.6. The third-order valence-electron chi connectivity index (χ3n) is 3.59. The van der Waals surface area contributed by atoms with Crippen LogP contribution in [0.25, 0.3) is 6.08 Å². The molecule has 0 N–H and O–H groups in total. The van der Waals surface area contributed by atoms with E-state index in [1.165, 1.54) is 25.3 Å². The minimum atomic E-state index is -0.332. The van der Waals surface area contributed by atoms with Crippen molar-refractivity contribution in [1.82, 2.24) is 0 Å². The third kappa shape index (κ3) is 5.47. The number of ketones is 1. The lowest BCUT2D eigenvalue weighted by atomic mass is 10.0. The molecule has 2 aromatic rings. The number of hydrogen-bond acceptors (Lipinski definition) is 3. The van der Waals surface area contributed by atoms with Crippen LogP contribution < -0.4 is 0 Å². The molecule has 0 saturated carbocycles. The van der Waals surface area contributed by atoms with Gasteiger partial charge in [0, 0.05) is 12.0 Å². The molecule has 0 aliphatic carbocycles. The zero-order valence-corrected chi connectivity index (χ0v) is 13.5. The molecule has 0 amide bonds. The predicted octanol–water partition coefficient (Wildman–Crippen LogP) is 4.22. The fourth-order valence-corrected chi connectivity index (χ4v) is 2.25. The largest absolute Gasteiger partial charge is 0.469 e. The summed E-state index contributed by atoms with van der Waals surface area (Å²) in [7, 11) is 1.38. The van der Waals surface area contributed by atoms with E-state index in [9.17, 15) is 14.0 Å². The Hall–Kier alpha value is -2.75. The van der Waals surface area contributed by atoms with Gasteiger partial charge in [-0.1, -0.05) is 42.5 Å². The SMILES string of the molecule is COC(=O)CCCc1ccc(C(=O)/C=C/c2cccc(F)c2)cc1. The zero-order valence-electron chi connectivity index (χ0n) is 13.5. The molecule has 0 fully saturated rings. The molecule has 4 heteroatoms. The third-order valence-corrected chi connectivity index (χ3v) is 3.59. The van der Waals surface area contributed by atoms with E-state index in [0.717, 1.165) is 12.0 Å². The van der Waals surface area contributed by atoms with Crippen LogP contribution in [0.15, 0.2) is 54.6 Å². The Morgan fingerprint density at radius 3 is 2.54 bits per heavy atom. The van der Waals surface area contributed by atoms with Crippen LogP contribution in [0.3, 0.4) is 0 Å². The number of allylic oxidation sites excluding steroid dienone is 1. The van der Waals surface area contributed by atoms with Gasteiger partial charge in [0.2, 0.25) is 0 Å². The van der Waals surface area contributed by atoms with Crippen molar-refractivity contribution in [2.24, 2.45) is 0 Å². The summed E-state index contributed by atoms with van der Waals surface area (Å²) in [5.41, 5.74) is 2.27. The van der Waals surface area contributed by atoms with Crippen LogP contribution in [0.5, 0.6) is 0 Å². The van der Waals surface area contributed by atoms with Crippen LogP contribution in [-0.2, 0) is 16.0 Å². The summed E-state index contributed by atoms with van der Waals surface area (Å²) in [5.74, 6) is -0.689. The fraction of sp³-hybridized carbons (Fsp3) is 0.200. The minimum Gasteiger partial charge on any atom is -0.469 e. The molecule has 0 aromatic heterocycles. The molecule has 124 valence electrons.